The van der Waals surface area contributed by atoms with E-state index in [9.17, 15) is 0 Å². The third kappa shape index (κ3) is 3.88. The van der Waals surface area contributed by atoms with Gasteiger partial charge in [0, 0.05) is 11.4 Å². The summed E-state index contributed by atoms with van der Waals surface area (Å²) in [6.45, 7) is 7.69. The average Bonchev–Trinajstić information content (AvgIpc) is 2.57. The van der Waals surface area contributed by atoms with Crippen LogP contribution in [0.4, 0.5) is 0 Å². The summed E-state index contributed by atoms with van der Waals surface area (Å²) >= 11 is 7.31. The molecule has 0 saturated heterocycles. The molecule has 1 rings (SSSR count). The van der Waals surface area contributed by atoms with Crippen molar-refractivity contribution >= 4 is 31.9 Å². The second kappa shape index (κ2) is 6.80. The van der Waals surface area contributed by atoms with E-state index in [-0.39, 0.29) is 0 Å². The van der Waals surface area contributed by atoms with Crippen LogP contribution in [0.5, 0.6) is 0 Å². The van der Waals surface area contributed by atoms with E-state index in [0.717, 1.165) is 30.3 Å². The molecule has 0 N–H and O–H groups in total. The van der Waals surface area contributed by atoms with Crippen molar-refractivity contribution in [2.45, 2.75) is 51.4 Å². The molecule has 0 aromatic carbocycles. The summed E-state index contributed by atoms with van der Waals surface area (Å²) in [6, 6.07) is 0. The molecule has 0 aliphatic heterocycles. The van der Waals surface area contributed by atoms with Crippen LogP contribution in [0, 0.1) is 5.92 Å². The SMILES string of the molecule is CCCn1ncc(Br)c1CCC(Br)C(C)C. The predicted octanol–water partition coefficient (Wildman–Crippen LogP) is 4.41. The number of hydrogen-bond acceptors (Lipinski definition) is 1. The summed E-state index contributed by atoms with van der Waals surface area (Å²) in [5, 5.41) is 4.38. The Bertz CT molecular complexity index is 321. The molecule has 0 fully saturated rings. The van der Waals surface area contributed by atoms with E-state index in [1.54, 1.807) is 0 Å². The summed E-state index contributed by atoms with van der Waals surface area (Å²) in [6.07, 6.45) is 5.27. The van der Waals surface area contributed by atoms with Crippen LogP contribution in [0.15, 0.2) is 10.7 Å². The zero-order valence-electron chi connectivity index (χ0n) is 10.2. The van der Waals surface area contributed by atoms with E-state index in [0.29, 0.717) is 10.7 Å². The molecule has 2 nitrogen and oxygen atoms in total. The monoisotopic (exact) mass is 350 g/mol. The Morgan fingerprint density at radius 3 is 2.69 bits per heavy atom. The topological polar surface area (TPSA) is 17.8 Å². The molecule has 1 aromatic rings. The largest absolute Gasteiger partial charge is 0.268 e. The Morgan fingerprint density at radius 2 is 2.12 bits per heavy atom. The van der Waals surface area contributed by atoms with Gasteiger partial charge in [0.2, 0.25) is 0 Å². The Hall–Kier alpha value is 0.170. The minimum Gasteiger partial charge on any atom is -0.268 e. The van der Waals surface area contributed by atoms with E-state index in [1.807, 2.05) is 6.20 Å². The van der Waals surface area contributed by atoms with Gasteiger partial charge in [0.15, 0.2) is 0 Å². The molecule has 1 aromatic heterocycles. The number of aromatic nitrogens is 2. The fourth-order valence-corrected chi connectivity index (χ4v) is 2.37. The van der Waals surface area contributed by atoms with Gasteiger partial charge in [-0.2, -0.15) is 5.10 Å². The molecule has 92 valence electrons. The van der Waals surface area contributed by atoms with Gasteiger partial charge in [-0.15, -0.1) is 0 Å². The summed E-state index contributed by atoms with van der Waals surface area (Å²) in [7, 11) is 0. The molecule has 0 aliphatic rings. The van der Waals surface area contributed by atoms with Crippen molar-refractivity contribution in [3.63, 3.8) is 0 Å². The summed E-state index contributed by atoms with van der Waals surface area (Å²) in [4.78, 5) is 0.587. The number of halogens is 2. The maximum atomic E-state index is 4.38. The van der Waals surface area contributed by atoms with Crippen LogP contribution in [0.3, 0.4) is 0 Å². The lowest BCUT2D eigenvalue weighted by molar-refractivity contribution is 0.538. The van der Waals surface area contributed by atoms with Gasteiger partial charge in [0.05, 0.1) is 16.4 Å². The smallest absolute Gasteiger partial charge is 0.0635 e. The molecule has 1 unspecified atom stereocenters. The molecule has 1 atom stereocenters. The van der Waals surface area contributed by atoms with Gasteiger partial charge >= 0.3 is 0 Å². The molecular weight excluding hydrogens is 332 g/mol. The van der Waals surface area contributed by atoms with Crippen molar-refractivity contribution in [2.24, 2.45) is 5.92 Å². The molecule has 1 heterocycles. The van der Waals surface area contributed by atoms with Gasteiger partial charge in [0.25, 0.3) is 0 Å². The molecule has 0 spiro atoms. The van der Waals surface area contributed by atoms with Crippen molar-refractivity contribution in [1.29, 1.82) is 0 Å². The van der Waals surface area contributed by atoms with Crippen molar-refractivity contribution < 1.29 is 0 Å². The van der Waals surface area contributed by atoms with E-state index in [2.05, 4.69) is 62.4 Å². The zero-order valence-corrected chi connectivity index (χ0v) is 13.4. The maximum Gasteiger partial charge on any atom is 0.0635 e. The number of aryl methyl sites for hydroxylation is 1. The lowest BCUT2D eigenvalue weighted by Gasteiger charge is -2.14. The Morgan fingerprint density at radius 1 is 1.44 bits per heavy atom. The van der Waals surface area contributed by atoms with Crippen LogP contribution in [0.1, 0.15) is 39.3 Å². The molecule has 16 heavy (non-hydrogen) atoms. The normalized spacial score (nSPS) is 13.4. The van der Waals surface area contributed by atoms with Crippen LogP contribution in [-0.2, 0) is 13.0 Å². The maximum absolute atomic E-state index is 4.38. The molecule has 0 amide bonds. The van der Waals surface area contributed by atoms with Crippen LogP contribution in [0.25, 0.3) is 0 Å². The fraction of sp³-hybridized carbons (Fsp3) is 0.750. The highest BCUT2D eigenvalue weighted by atomic mass is 79.9. The van der Waals surface area contributed by atoms with Crippen LogP contribution < -0.4 is 0 Å². The van der Waals surface area contributed by atoms with Crippen molar-refractivity contribution in [2.75, 3.05) is 0 Å². The van der Waals surface area contributed by atoms with Gasteiger partial charge < -0.3 is 0 Å². The highest BCUT2D eigenvalue weighted by Crippen LogP contribution is 2.23. The van der Waals surface area contributed by atoms with Gasteiger partial charge in [-0.25, -0.2) is 0 Å². The summed E-state index contributed by atoms with van der Waals surface area (Å²) in [5.41, 5.74) is 1.33. The first-order chi connectivity index (χ1) is 7.56. The molecule has 0 radical (unpaired) electrons. The van der Waals surface area contributed by atoms with Gasteiger partial charge in [-0.3, -0.25) is 4.68 Å². The number of alkyl halides is 1. The van der Waals surface area contributed by atoms with Crippen molar-refractivity contribution in [1.82, 2.24) is 9.78 Å². The van der Waals surface area contributed by atoms with Crippen LogP contribution in [-0.4, -0.2) is 14.6 Å². The van der Waals surface area contributed by atoms with Crippen molar-refractivity contribution in [3.05, 3.63) is 16.4 Å². The lowest BCUT2D eigenvalue weighted by Crippen LogP contribution is -2.11. The van der Waals surface area contributed by atoms with E-state index in [4.69, 9.17) is 0 Å². The minimum absolute atomic E-state index is 0.587. The van der Waals surface area contributed by atoms with Gasteiger partial charge in [-0.1, -0.05) is 36.7 Å². The molecule has 0 aliphatic carbocycles. The Kier molecular flexibility index (Phi) is 6.05. The number of hydrogen-bond donors (Lipinski definition) is 0. The average molecular weight is 352 g/mol. The second-order valence-corrected chi connectivity index (χ2v) is 6.49. The quantitative estimate of drug-likeness (QED) is 0.694. The number of rotatable bonds is 6. The highest BCUT2D eigenvalue weighted by Gasteiger charge is 2.13. The predicted molar refractivity (Wildman–Crippen MR) is 76.1 cm³/mol. The molecular formula is C12H20Br2N2. The van der Waals surface area contributed by atoms with E-state index in [1.165, 1.54) is 5.69 Å². The van der Waals surface area contributed by atoms with Crippen LogP contribution >= 0.6 is 31.9 Å². The van der Waals surface area contributed by atoms with Gasteiger partial charge in [-0.05, 0) is 41.1 Å². The number of nitrogens with zero attached hydrogens (tertiary/aromatic N) is 2. The standard InChI is InChI=1S/C12H20Br2N2/c1-4-7-16-12(11(14)8-15-16)6-5-10(13)9(2)3/h8-10H,4-7H2,1-3H3. The second-order valence-electron chi connectivity index (χ2n) is 4.46. The zero-order chi connectivity index (χ0) is 12.1. The molecule has 4 heteroatoms. The Balaban J connectivity index is 2.61. The molecule has 0 saturated carbocycles. The first-order valence-electron chi connectivity index (χ1n) is 5.90. The third-order valence-electron chi connectivity index (χ3n) is 2.71. The van der Waals surface area contributed by atoms with Crippen molar-refractivity contribution in [3.8, 4) is 0 Å². The highest BCUT2D eigenvalue weighted by molar-refractivity contribution is 9.10. The first-order valence-corrected chi connectivity index (χ1v) is 7.61. The van der Waals surface area contributed by atoms with Gasteiger partial charge in [0.1, 0.15) is 0 Å². The minimum atomic E-state index is 0.587. The third-order valence-corrected chi connectivity index (χ3v) is 4.89. The van der Waals surface area contributed by atoms with Crippen LogP contribution in [0.2, 0.25) is 0 Å². The Labute approximate surface area is 115 Å². The fourth-order valence-electron chi connectivity index (χ4n) is 1.65. The summed E-state index contributed by atoms with van der Waals surface area (Å²) in [5.74, 6) is 0.682. The first kappa shape index (κ1) is 14.2. The molecule has 0 bridgehead atoms. The van der Waals surface area contributed by atoms with E-state index >= 15 is 0 Å². The van der Waals surface area contributed by atoms with E-state index < -0.39 is 0 Å². The summed E-state index contributed by atoms with van der Waals surface area (Å²) < 4.78 is 3.26. The lowest BCUT2D eigenvalue weighted by atomic mass is 10.1.